The van der Waals surface area contributed by atoms with Crippen LogP contribution in [0.4, 0.5) is 0 Å². The summed E-state index contributed by atoms with van der Waals surface area (Å²) in [4.78, 5) is 0. The molecule has 2 heteroatoms. The SMILES string of the molecule is C(=C(/c1ccc2c(c1)oc1cc3ccccc3cc12)c1cccc2ccccc12)/c1ccc2c3ccccc3n(-c3ccc(-c4cc(-c5ccccc5)cc5c4-c4ccccc4C54c5ccccc5-c5ccc(-c6ccccc6)cc54)cc3)c2c1. The molecule has 394 valence electrons. The predicted molar refractivity (Wildman–Crippen MR) is 356 cm³/mol. The summed E-state index contributed by atoms with van der Waals surface area (Å²) in [5.41, 5.74) is 26.9. The lowest BCUT2D eigenvalue weighted by molar-refractivity contribution is 0.669. The number of hydrogen-bond acceptors (Lipinski definition) is 1. The van der Waals surface area contributed by atoms with Crippen molar-refractivity contribution in [1.82, 2.24) is 4.57 Å². The molecule has 0 fully saturated rings. The summed E-state index contributed by atoms with van der Waals surface area (Å²) in [6, 6.07) is 113. The summed E-state index contributed by atoms with van der Waals surface area (Å²) in [6.07, 6.45) is 2.37. The highest BCUT2D eigenvalue weighted by molar-refractivity contribution is 6.13. The van der Waals surface area contributed by atoms with Gasteiger partial charge in [-0.3, -0.25) is 0 Å². The van der Waals surface area contributed by atoms with Gasteiger partial charge in [-0.2, -0.15) is 0 Å². The second kappa shape index (κ2) is 18.5. The van der Waals surface area contributed by atoms with Gasteiger partial charge in [-0.15, -0.1) is 0 Å². The van der Waals surface area contributed by atoms with Crippen molar-refractivity contribution in [3.63, 3.8) is 0 Å². The van der Waals surface area contributed by atoms with E-state index in [9.17, 15) is 0 Å². The Morgan fingerprint density at radius 1 is 0.318 bits per heavy atom. The molecule has 0 saturated carbocycles. The van der Waals surface area contributed by atoms with Gasteiger partial charge in [0.1, 0.15) is 11.2 Å². The van der Waals surface area contributed by atoms with Crippen LogP contribution in [0.2, 0.25) is 0 Å². The minimum Gasteiger partial charge on any atom is -0.456 e. The van der Waals surface area contributed by atoms with Crippen LogP contribution in [0.1, 0.15) is 38.9 Å². The van der Waals surface area contributed by atoms with Gasteiger partial charge >= 0.3 is 0 Å². The van der Waals surface area contributed by atoms with E-state index in [1.807, 2.05) is 0 Å². The zero-order valence-corrected chi connectivity index (χ0v) is 46.3. The van der Waals surface area contributed by atoms with Crippen LogP contribution in [0.15, 0.2) is 308 Å². The van der Waals surface area contributed by atoms with Crippen LogP contribution in [0, 0.1) is 0 Å². The third-order valence-corrected chi connectivity index (χ3v) is 18.6. The topological polar surface area (TPSA) is 18.1 Å². The minimum atomic E-state index is -0.541. The second-order valence-electron chi connectivity index (χ2n) is 23.0. The van der Waals surface area contributed by atoms with Crippen LogP contribution in [-0.4, -0.2) is 4.57 Å². The normalized spacial score (nSPS) is 14.2. The fraction of sp³-hybridized carbons (Fsp3) is 0.0120. The maximum absolute atomic E-state index is 6.72. The summed E-state index contributed by atoms with van der Waals surface area (Å²) in [6.45, 7) is 0. The Balaban J connectivity index is 0.815. The molecule has 0 aliphatic heterocycles. The van der Waals surface area contributed by atoms with Crippen molar-refractivity contribution in [2.75, 3.05) is 0 Å². The molecule has 85 heavy (non-hydrogen) atoms. The predicted octanol–water partition coefficient (Wildman–Crippen LogP) is 21.9. The van der Waals surface area contributed by atoms with Gasteiger partial charge in [0, 0.05) is 27.2 Å². The highest BCUT2D eigenvalue weighted by Gasteiger charge is 2.52. The lowest BCUT2D eigenvalue weighted by Crippen LogP contribution is -2.26. The van der Waals surface area contributed by atoms with Gasteiger partial charge in [0.05, 0.1) is 16.4 Å². The van der Waals surface area contributed by atoms with Gasteiger partial charge in [-0.1, -0.05) is 237 Å². The molecule has 2 aliphatic rings. The molecule has 18 rings (SSSR count). The van der Waals surface area contributed by atoms with Crippen LogP contribution in [0.25, 0.3) is 138 Å². The van der Waals surface area contributed by atoms with Gasteiger partial charge in [0.2, 0.25) is 0 Å². The van der Waals surface area contributed by atoms with E-state index in [-0.39, 0.29) is 0 Å². The number of rotatable bonds is 7. The molecule has 1 unspecified atom stereocenters. The fourth-order valence-electron chi connectivity index (χ4n) is 14.8. The molecule has 0 amide bonds. The van der Waals surface area contributed by atoms with Crippen molar-refractivity contribution >= 4 is 76.9 Å². The maximum atomic E-state index is 6.72. The van der Waals surface area contributed by atoms with Crippen LogP contribution in [-0.2, 0) is 5.41 Å². The number of furan rings is 1. The van der Waals surface area contributed by atoms with Crippen molar-refractivity contribution in [2.45, 2.75) is 5.41 Å². The number of para-hydroxylation sites is 1. The van der Waals surface area contributed by atoms with Crippen molar-refractivity contribution in [3.8, 4) is 61.3 Å². The number of hydrogen-bond donors (Lipinski definition) is 0. The largest absolute Gasteiger partial charge is 0.456 e. The monoisotopic (exact) mass is 1080 g/mol. The van der Waals surface area contributed by atoms with E-state index in [2.05, 4.69) is 314 Å². The van der Waals surface area contributed by atoms with Crippen LogP contribution >= 0.6 is 0 Å². The van der Waals surface area contributed by atoms with Crippen LogP contribution < -0.4 is 0 Å². The Bertz CT molecular complexity index is 5460. The highest BCUT2D eigenvalue weighted by atomic mass is 16.3. The first kappa shape index (κ1) is 47.6. The number of nitrogens with zero attached hydrogens (tertiary/aromatic N) is 1. The molecule has 2 heterocycles. The molecule has 0 bridgehead atoms. The van der Waals surface area contributed by atoms with Crippen molar-refractivity contribution in [1.29, 1.82) is 0 Å². The standard InChI is InChI=1S/C83H51NO/c1-3-18-53(19-4-1)59-37-42-66-65-27-11-14-31-74(65)83(76(66)48-59)75-32-15-12-29-70(75)82-72(47-61(49-77(82)83)54-20-5-2-6-21-54)56-35-39-62(40-36-56)84-78-33-16-13-28-67(78)68-41-34-52(45-79(68)84)44-71(64-30-17-25-55-22-9-10-26-63(55)64)60-38-43-69-73-46-57-23-7-8-24-58(57)50-81(73)85-80(69)51-60/h1-51H/b71-44+. The summed E-state index contributed by atoms with van der Waals surface area (Å²) >= 11 is 0. The minimum absolute atomic E-state index is 0.541. The fourth-order valence-corrected chi connectivity index (χ4v) is 14.8. The number of benzene rings is 14. The van der Waals surface area contributed by atoms with Gasteiger partial charge in [0.25, 0.3) is 0 Å². The third-order valence-electron chi connectivity index (χ3n) is 18.6. The zero-order valence-electron chi connectivity index (χ0n) is 46.3. The molecule has 1 atom stereocenters. The first-order chi connectivity index (χ1) is 42.1. The highest BCUT2D eigenvalue weighted by Crippen LogP contribution is 2.65. The molecule has 2 aliphatic carbocycles. The molecule has 0 saturated heterocycles. The number of fused-ring (bicyclic) bond motifs is 18. The van der Waals surface area contributed by atoms with Gasteiger partial charge in [0.15, 0.2) is 0 Å². The summed E-state index contributed by atoms with van der Waals surface area (Å²) in [7, 11) is 0. The maximum Gasteiger partial charge on any atom is 0.136 e. The molecule has 14 aromatic carbocycles. The lowest BCUT2D eigenvalue weighted by atomic mass is 9.69. The Morgan fingerprint density at radius 2 is 0.918 bits per heavy atom. The van der Waals surface area contributed by atoms with Crippen LogP contribution in [0.3, 0.4) is 0 Å². The van der Waals surface area contributed by atoms with Crippen molar-refractivity contribution < 1.29 is 4.42 Å². The molecular formula is C83H51NO. The summed E-state index contributed by atoms with van der Waals surface area (Å²) in [5, 5.41) is 9.46. The summed E-state index contributed by atoms with van der Waals surface area (Å²) < 4.78 is 9.17. The molecule has 2 nitrogen and oxygen atoms in total. The smallest absolute Gasteiger partial charge is 0.136 e. The van der Waals surface area contributed by atoms with Gasteiger partial charge in [-0.05, 0) is 195 Å². The molecule has 2 aromatic heterocycles. The summed E-state index contributed by atoms with van der Waals surface area (Å²) in [5.74, 6) is 0. The van der Waals surface area contributed by atoms with E-state index in [4.69, 9.17) is 4.42 Å². The second-order valence-corrected chi connectivity index (χ2v) is 23.0. The average molecular weight is 1080 g/mol. The van der Waals surface area contributed by atoms with Crippen molar-refractivity contribution in [3.05, 3.63) is 342 Å². The van der Waals surface area contributed by atoms with E-state index in [1.165, 1.54) is 121 Å². The molecule has 16 aromatic rings. The van der Waals surface area contributed by atoms with E-state index >= 15 is 0 Å². The first-order valence-electron chi connectivity index (χ1n) is 29.5. The van der Waals surface area contributed by atoms with E-state index < -0.39 is 5.41 Å². The molecular weight excluding hydrogens is 1030 g/mol. The van der Waals surface area contributed by atoms with Gasteiger partial charge in [-0.25, -0.2) is 0 Å². The number of aromatic nitrogens is 1. The first-order valence-corrected chi connectivity index (χ1v) is 29.5. The van der Waals surface area contributed by atoms with E-state index in [0.717, 1.165) is 49.8 Å². The average Bonchev–Trinajstić information content (AvgIpc) is 1.57. The quantitative estimate of drug-likeness (QED) is 0.146. The van der Waals surface area contributed by atoms with Crippen molar-refractivity contribution in [2.24, 2.45) is 0 Å². The van der Waals surface area contributed by atoms with E-state index in [0.29, 0.717) is 0 Å². The van der Waals surface area contributed by atoms with E-state index in [1.54, 1.807) is 0 Å². The van der Waals surface area contributed by atoms with Gasteiger partial charge < -0.3 is 8.98 Å². The Labute approximate surface area is 492 Å². The molecule has 0 N–H and O–H groups in total. The Kier molecular flexibility index (Phi) is 10.3. The molecule has 0 radical (unpaired) electrons. The Morgan fingerprint density at radius 3 is 1.73 bits per heavy atom. The lowest BCUT2D eigenvalue weighted by Gasteiger charge is -2.31. The molecule has 1 spiro atoms. The Hall–Kier alpha value is -11.1. The zero-order chi connectivity index (χ0) is 55.7. The third kappa shape index (κ3) is 7.13. The van der Waals surface area contributed by atoms with Crippen LogP contribution in [0.5, 0.6) is 0 Å².